The molecule has 0 fully saturated rings. The Morgan fingerprint density at radius 2 is 2.07 bits per heavy atom. The molecular weight excluding hydrogens is 192 g/mol. The van der Waals surface area contributed by atoms with Gasteiger partial charge in [0, 0.05) is 0 Å². The molecule has 4 nitrogen and oxygen atoms in total. The zero-order valence-corrected chi connectivity index (χ0v) is 8.99. The van der Waals surface area contributed by atoms with Crippen LogP contribution in [0.15, 0.2) is 24.3 Å². The largest absolute Gasteiger partial charge is 0.368 e. The first-order valence-electron chi connectivity index (χ1n) is 4.82. The molecular formula is C11H16N2O2. The summed E-state index contributed by atoms with van der Waals surface area (Å²) in [7, 11) is 0. The minimum absolute atomic E-state index is 0.0324. The van der Waals surface area contributed by atoms with Crippen molar-refractivity contribution in [1.29, 1.82) is 0 Å². The number of hydrogen-bond donors (Lipinski definition) is 2. The summed E-state index contributed by atoms with van der Waals surface area (Å²) >= 11 is 0. The normalized spacial score (nSPS) is 12.4. The molecule has 0 radical (unpaired) electrons. The van der Waals surface area contributed by atoms with E-state index in [0.29, 0.717) is 0 Å². The molecule has 1 amide bonds. The van der Waals surface area contributed by atoms with Crippen molar-refractivity contribution < 1.29 is 9.63 Å². The molecule has 0 spiro atoms. The SMILES string of the molecule is Cc1ccc(C(C)NOCC(N)=O)cc1. The lowest BCUT2D eigenvalue weighted by Crippen LogP contribution is -2.26. The monoisotopic (exact) mass is 208 g/mol. The molecule has 82 valence electrons. The van der Waals surface area contributed by atoms with Gasteiger partial charge in [0.25, 0.3) is 0 Å². The van der Waals surface area contributed by atoms with Crippen molar-refractivity contribution in [2.75, 3.05) is 6.61 Å². The van der Waals surface area contributed by atoms with Crippen LogP contribution in [0.1, 0.15) is 24.1 Å². The number of nitrogens with one attached hydrogen (secondary N) is 1. The van der Waals surface area contributed by atoms with Crippen LogP contribution in [0.5, 0.6) is 0 Å². The molecule has 0 aliphatic heterocycles. The van der Waals surface area contributed by atoms with E-state index in [0.717, 1.165) is 5.56 Å². The van der Waals surface area contributed by atoms with Crippen LogP contribution in [0, 0.1) is 6.92 Å². The van der Waals surface area contributed by atoms with Crippen molar-refractivity contribution in [2.45, 2.75) is 19.9 Å². The molecule has 0 aliphatic carbocycles. The highest BCUT2D eigenvalue weighted by Crippen LogP contribution is 2.12. The van der Waals surface area contributed by atoms with Crippen LogP contribution in [0.2, 0.25) is 0 Å². The van der Waals surface area contributed by atoms with Crippen molar-refractivity contribution in [2.24, 2.45) is 5.73 Å². The van der Waals surface area contributed by atoms with E-state index in [1.54, 1.807) is 0 Å². The van der Waals surface area contributed by atoms with Crippen LogP contribution in [-0.2, 0) is 9.63 Å². The van der Waals surface area contributed by atoms with Gasteiger partial charge in [-0.25, -0.2) is 0 Å². The van der Waals surface area contributed by atoms with Crippen molar-refractivity contribution in [1.82, 2.24) is 5.48 Å². The maximum atomic E-state index is 10.4. The van der Waals surface area contributed by atoms with Crippen LogP contribution in [-0.4, -0.2) is 12.5 Å². The Morgan fingerprint density at radius 1 is 1.47 bits per heavy atom. The minimum Gasteiger partial charge on any atom is -0.368 e. The molecule has 0 heterocycles. The van der Waals surface area contributed by atoms with E-state index in [9.17, 15) is 4.79 Å². The molecule has 0 aromatic heterocycles. The summed E-state index contributed by atoms with van der Waals surface area (Å²) in [6, 6.07) is 8.12. The van der Waals surface area contributed by atoms with E-state index < -0.39 is 5.91 Å². The van der Waals surface area contributed by atoms with Crippen molar-refractivity contribution in [3.8, 4) is 0 Å². The number of aryl methyl sites for hydroxylation is 1. The first kappa shape index (κ1) is 11.7. The average Bonchev–Trinajstić information content (AvgIpc) is 2.18. The minimum atomic E-state index is -0.487. The molecule has 1 unspecified atom stereocenters. The van der Waals surface area contributed by atoms with Gasteiger partial charge >= 0.3 is 0 Å². The van der Waals surface area contributed by atoms with E-state index in [1.165, 1.54) is 5.56 Å². The molecule has 15 heavy (non-hydrogen) atoms. The maximum Gasteiger partial charge on any atom is 0.245 e. The molecule has 3 N–H and O–H groups in total. The zero-order chi connectivity index (χ0) is 11.3. The summed E-state index contributed by atoms with van der Waals surface area (Å²) in [6.45, 7) is 3.87. The zero-order valence-electron chi connectivity index (χ0n) is 8.99. The number of amides is 1. The third-order valence-corrected chi connectivity index (χ3v) is 2.05. The number of primary amides is 1. The molecule has 1 aromatic carbocycles. The Hall–Kier alpha value is -1.39. The second kappa shape index (κ2) is 5.48. The number of hydroxylamine groups is 1. The van der Waals surface area contributed by atoms with Crippen LogP contribution < -0.4 is 11.2 Å². The van der Waals surface area contributed by atoms with Gasteiger partial charge < -0.3 is 5.73 Å². The fraction of sp³-hybridized carbons (Fsp3) is 0.364. The van der Waals surface area contributed by atoms with Crippen molar-refractivity contribution in [3.05, 3.63) is 35.4 Å². The van der Waals surface area contributed by atoms with E-state index in [4.69, 9.17) is 10.6 Å². The highest BCUT2D eigenvalue weighted by atomic mass is 16.6. The van der Waals surface area contributed by atoms with Crippen molar-refractivity contribution in [3.63, 3.8) is 0 Å². The van der Waals surface area contributed by atoms with Crippen molar-refractivity contribution >= 4 is 5.91 Å². The average molecular weight is 208 g/mol. The van der Waals surface area contributed by atoms with Gasteiger partial charge in [-0.3, -0.25) is 9.63 Å². The fourth-order valence-corrected chi connectivity index (χ4v) is 1.16. The first-order valence-corrected chi connectivity index (χ1v) is 4.82. The van der Waals surface area contributed by atoms with Crippen LogP contribution in [0.4, 0.5) is 0 Å². The number of hydrogen-bond acceptors (Lipinski definition) is 3. The number of rotatable bonds is 5. The second-order valence-corrected chi connectivity index (χ2v) is 3.51. The van der Waals surface area contributed by atoms with E-state index >= 15 is 0 Å². The Balaban J connectivity index is 2.43. The fourth-order valence-electron chi connectivity index (χ4n) is 1.16. The van der Waals surface area contributed by atoms with Gasteiger partial charge in [0.2, 0.25) is 5.91 Å². The standard InChI is InChI=1S/C11H16N2O2/c1-8-3-5-10(6-4-8)9(2)13-15-7-11(12)14/h3-6,9,13H,7H2,1-2H3,(H2,12,14). The molecule has 1 rings (SSSR count). The van der Waals surface area contributed by atoms with Gasteiger partial charge in [0.15, 0.2) is 0 Å². The van der Waals surface area contributed by atoms with E-state index in [1.807, 2.05) is 38.1 Å². The van der Waals surface area contributed by atoms with Gasteiger partial charge in [0.05, 0.1) is 6.04 Å². The molecule has 4 heteroatoms. The molecule has 0 saturated carbocycles. The number of carbonyl (C=O) groups excluding carboxylic acids is 1. The van der Waals surface area contributed by atoms with Crippen LogP contribution in [0.25, 0.3) is 0 Å². The van der Waals surface area contributed by atoms with Gasteiger partial charge in [-0.2, -0.15) is 5.48 Å². The second-order valence-electron chi connectivity index (χ2n) is 3.51. The topological polar surface area (TPSA) is 64.3 Å². The lowest BCUT2D eigenvalue weighted by Gasteiger charge is -2.13. The van der Waals surface area contributed by atoms with Gasteiger partial charge in [-0.05, 0) is 19.4 Å². The molecule has 0 aliphatic rings. The lowest BCUT2D eigenvalue weighted by molar-refractivity contribution is -0.126. The summed E-state index contributed by atoms with van der Waals surface area (Å²) < 4.78 is 0. The number of carbonyl (C=O) groups is 1. The van der Waals surface area contributed by atoms with Gasteiger partial charge in [-0.15, -0.1) is 0 Å². The summed E-state index contributed by atoms with van der Waals surface area (Å²) in [5, 5.41) is 0. The highest BCUT2D eigenvalue weighted by molar-refractivity contribution is 5.74. The van der Waals surface area contributed by atoms with Crippen LogP contribution in [0.3, 0.4) is 0 Å². The van der Waals surface area contributed by atoms with Crippen LogP contribution >= 0.6 is 0 Å². The summed E-state index contributed by atoms with van der Waals surface area (Å²) in [6.07, 6.45) is 0. The summed E-state index contributed by atoms with van der Waals surface area (Å²) in [5.41, 5.74) is 10.00. The molecule has 0 saturated heterocycles. The third-order valence-electron chi connectivity index (χ3n) is 2.05. The lowest BCUT2D eigenvalue weighted by atomic mass is 10.1. The maximum absolute atomic E-state index is 10.4. The molecule has 1 atom stereocenters. The Morgan fingerprint density at radius 3 is 2.60 bits per heavy atom. The Kier molecular flexibility index (Phi) is 4.27. The Bertz CT molecular complexity index is 322. The molecule has 0 bridgehead atoms. The third kappa shape index (κ3) is 4.10. The predicted molar refractivity (Wildman–Crippen MR) is 57.9 cm³/mol. The van der Waals surface area contributed by atoms with Gasteiger partial charge in [0.1, 0.15) is 6.61 Å². The molecule has 1 aromatic rings. The highest BCUT2D eigenvalue weighted by Gasteiger charge is 2.04. The quantitative estimate of drug-likeness (QED) is 0.711. The van der Waals surface area contributed by atoms with E-state index in [2.05, 4.69) is 5.48 Å². The smallest absolute Gasteiger partial charge is 0.245 e. The van der Waals surface area contributed by atoms with E-state index in [-0.39, 0.29) is 12.6 Å². The van der Waals surface area contributed by atoms with Gasteiger partial charge in [-0.1, -0.05) is 29.8 Å². The Labute approximate surface area is 89.4 Å². The first-order chi connectivity index (χ1) is 7.09. The predicted octanol–water partition coefficient (Wildman–Crippen LogP) is 1.06. The summed E-state index contributed by atoms with van der Waals surface area (Å²) in [5.74, 6) is -0.487. The number of nitrogens with two attached hydrogens (primary N) is 1. The number of benzene rings is 1. The summed E-state index contributed by atoms with van der Waals surface area (Å²) in [4.78, 5) is 15.3.